The molecule has 0 radical (unpaired) electrons. The van der Waals surface area contributed by atoms with E-state index < -0.39 is 0 Å². The first-order chi connectivity index (χ1) is 35.4. The number of hydrogen-bond donors (Lipinski definition) is 0. The van der Waals surface area contributed by atoms with Crippen molar-refractivity contribution in [3.63, 3.8) is 0 Å². The second-order valence-electron chi connectivity index (χ2n) is 22.5. The molecule has 2 heterocycles. The fourth-order valence-electron chi connectivity index (χ4n) is 13.8. The van der Waals surface area contributed by atoms with Crippen LogP contribution in [-0.2, 0) is 16.2 Å². The number of aryl methyl sites for hydroxylation is 1. The van der Waals surface area contributed by atoms with Crippen molar-refractivity contribution in [1.82, 2.24) is 0 Å². The highest BCUT2D eigenvalue weighted by Crippen LogP contribution is 2.64. The second kappa shape index (κ2) is 14.6. The molecule has 0 saturated carbocycles. The number of benzene rings is 10. The van der Waals surface area contributed by atoms with E-state index in [4.69, 9.17) is 8.83 Å². The van der Waals surface area contributed by atoms with Gasteiger partial charge in [0, 0.05) is 66.0 Å². The van der Waals surface area contributed by atoms with Crippen LogP contribution in [0.15, 0.2) is 203 Å². The Labute approximate surface area is 426 Å². The first-order valence-corrected chi connectivity index (χ1v) is 25.8. The van der Waals surface area contributed by atoms with Crippen molar-refractivity contribution in [2.45, 2.75) is 64.7 Å². The van der Waals surface area contributed by atoms with Crippen LogP contribution in [-0.4, -0.2) is 0 Å². The Hall–Kier alpha value is -8.40. The lowest BCUT2D eigenvalue weighted by Crippen LogP contribution is -2.24. The molecule has 350 valence electrons. The van der Waals surface area contributed by atoms with E-state index in [1.807, 2.05) is 0 Å². The normalized spacial score (nSPS) is 15.1. The van der Waals surface area contributed by atoms with Gasteiger partial charge in [0.2, 0.25) is 0 Å². The standard InChI is InChI=1S/C70H53NO2/c1-40-19-17-23-43(35-40)52-39-56-59(61-50-26-12-15-29-57(50)72-66(52)61)48-33-31-45(37-54(48)68(56,2)3)71(44-24-18-22-42(36-44)41-20-9-8-10-21-41)46-32-34-49-55(38-46)70(6,7)65-63(49)67-62(51-27-13-16-30-58(51)73-67)60-47-25-11-14-28-53(47)69(4,5)64(60)65/h8-39H,1-7H3. The van der Waals surface area contributed by atoms with E-state index in [9.17, 15) is 0 Å². The third-order valence-electron chi connectivity index (χ3n) is 17.2. The van der Waals surface area contributed by atoms with E-state index >= 15 is 0 Å². The van der Waals surface area contributed by atoms with Crippen LogP contribution in [0.3, 0.4) is 0 Å². The molecule has 0 atom stereocenters. The van der Waals surface area contributed by atoms with Crippen LogP contribution in [0.1, 0.15) is 80.5 Å². The lowest BCUT2D eigenvalue weighted by molar-refractivity contribution is 0.600. The minimum Gasteiger partial charge on any atom is -0.455 e. The monoisotopic (exact) mass is 939 g/mol. The smallest absolute Gasteiger partial charge is 0.144 e. The van der Waals surface area contributed by atoms with E-state index in [1.165, 1.54) is 105 Å². The van der Waals surface area contributed by atoms with Crippen LogP contribution in [0.5, 0.6) is 0 Å². The highest BCUT2D eigenvalue weighted by atomic mass is 16.3. The van der Waals surface area contributed by atoms with Gasteiger partial charge < -0.3 is 13.7 Å². The van der Waals surface area contributed by atoms with Gasteiger partial charge in [-0.05, 0) is 139 Å². The topological polar surface area (TPSA) is 29.5 Å². The van der Waals surface area contributed by atoms with Gasteiger partial charge in [-0.2, -0.15) is 0 Å². The van der Waals surface area contributed by atoms with Gasteiger partial charge in [0.1, 0.15) is 22.3 Å². The number of para-hydroxylation sites is 2. The van der Waals surface area contributed by atoms with Crippen LogP contribution < -0.4 is 4.90 Å². The maximum atomic E-state index is 7.08. The number of furan rings is 2. The predicted octanol–water partition coefficient (Wildman–Crippen LogP) is 19.5. The molecule has 0 fully saturated rings. The molecule has 10 aromatic carbocycles. The number of hydrogen-bond acceptors (Lipinski definition) is 3. The van der Waals surface area contributed by atoms with E-state index in [1.54, 1.807) is 0 Å². The highest BCUT2D eigenvalue weighted by molar-refractivity contribution is 6.21. The summed E-state index contributed by atoms with van der Waals surface area (Å²) in [7, 11) is 0. The predicted molar refractivity (Wildman–Crippen MR) is 304 cm³/mol. The zero-order valence-electron chi connectivity index (χ0n) is 42.2. The third-order valence-corrected chi connectivity index (χ3v) is 17.2. The molecule has 2 aromatic heterocycles. The van der Waals surface area contributed by atoms with E-state index in [0.717, 1.165) is 50.3 Å². The maximum absolute atomic E-state index is 7.08. The Kier molecular flexibility index (Phi) is 8.47. The zero-order valence-corrected chi connectivity index (χ0v) is 42.2. The molecule has 12 aromatic rings. The average Bonchev–Trinajstić information content (AvgIpc) is 4.16. The maximum Gasteiger partial charge on any atom is 0.144 e. The SMILES string of the molecule is Cc1cccc(-c2cc3c(c4c2oc2ccccc24)-c2ccc(N(c4cccc(-c5ccccc5)c4)c4ccc5c(c4)C(C)(C)c4c6c(c7c(oc8ccccc87)c4-5)-c4ccccc4C6(C)C)cc2C3(C)C)c1. The minimum atomic E-state index is -0.357. The highest BCUT2D eigenvalue weighted by Gasteiger charge is 2.49. The quantitative estimate of drug-likeness (QED) is 0.172. The number of anilines is 3. The van der Waals surface area contributed by atoms with Gasteiger partial charge in [0.25, 0.3) is 0 Å². The fraction of sp³-hybridized carbons (Fsp3) is 0.143. The van der Waals surface area contributed by atoms with E-state index in [-0.39, 0.29) is 16.2 Å². The van der Waals surface area contributed by atoms with E-state index in [0.29, 0.717) is 0 Å². The first-order valence-electron chi connectivity index (χ1n) is 25.8. The second-order valence-corrected chi connectivity index (χ2v) is 22.5. The van der Waals surface area contributed by atoms with Gasteiger partial charge in [-0.3, -0.25) is 0 Å². The molecule has 0 unspecified atom stereocenters. The lowest BCUT2D eigenvalue weighted by Gasteiger charge is -2.32. The Morgan fingerprint density at radius 1 is 0.342 bits per heavy atom. The summed E-state index contributed by atoms with van der Waals surface area (Å²) in [6, 6.07) is 71.7. The summed E-state index contributed by atoms with van der Waals surface area (Å²) < 4.78 is 13.9. The average molecular weight is 940 g/mol. The van der Waals surface area contributed by atoms with Gasteiger partial charge in [-0.15, -0.1) is 0 Å². The summed E-state index contributed by atoms with van der Waals surface area (Å²) >= 11 is 0. The van der Waals surface area contributed by atoms with Gasteiger partial charge in [0.05, 0.1) is 0 Å². The van der Waals surface area contributed by atoms with E-state index in [2.05, 4.69) is 247 Å². The lowest BCUT2D eigenvalue weighted by atomic mass is 9.72. The summed E-state index contributed by atoms with van der Waals surface area (Å²) in [6.07, 6.45) is 0. The Bertz CT molecular complexity index is 4370. The molecule has 0 spiro atoms. The van der Waals surface area contributed by atoms with Crippen molar-refractivity contribution >= 4 is 60.9 Å². The number of fused-ring (bicyclic) bond motifs is 19. The summed E-state index contributed by atoms with van der Waals surface area (Å²) in [5, 5.41) is 4.73. The third kappa shape index (κ3) is 5.65. The Morgan fingerprint density at radius 3 is 1.60 bits per heavy atom. The molecule has 3 nitrogen and oxygen atoms in total. The summed E-state index contributed by atoms with van der Waals surface area (Å²) in [6.45, 7) is 16.7. The van der Waals surface area contributed by atoms with Gasteiger partial charge in [0.15, 0.2) is 0 Å². The molecule has 0 N–H and O–H groups in total. The molecular weight excluding hydrogens is 887 g/mol. The summed E-state index contributed by atoms with van der Waals surface area (Å²) in [5.74, 6) is 0. The first kappa shape index (κ1) is 42.3. The molecular formula is C70H53NO2. The van der Waals surface area contributed by atoms with Gasteiger partial charge in [-0.25, -0.2) is 0 Å². The van der Waals surface area contributed by atoms with Crippen LogP contribution in [0, 0.1) is 6.92 Å². The summed E-state index contributed by atoms with van der Waals surface area (Å²) in [5.41, 5.74) is 27.8. The van der Waals surface area contributed by atoms with Gasteiger partial charge >= 0.3 is 0 Å². The van der Waals surface area contributed by atoms with Crippen molar-refractivity contribution in [1.29, 1.82) is 0 Å². The Balaban J connectivity index is 0.960. The largest absolute Gasteiger partial charge is 0.455 e. The number of nitrogens with zero attached hydrogens (tertiary/aromatic N) is 1. The molecule has 73 heavy (non-hydrogen) atoms. The molecule has 15 rings (SSSR count). The van der Waals surface area contributed by atoms with Gasteiger partial charge in [-0.1, -0.05) is 187 Å². The van der Waals surface area contributed by atoms with Crippen molar-refractivity contribution in [2.75, 3.05) is 4.90 Å². The minimum absolute atomic E-state index is 0.224. The molecule has 3 aliphatic rings. The van der Waals surface area contributed by atoms with Crippen molar-refractivity contribution < 1.29 is 8.83 Å². The van der Waals surface area contributed by atoms with Crippen LogP contribution in [0.25, 0.3) is 99.5 Å². The molecule has 0 saturated heterocycles. The molecule has 3 heteroatoms. The molecule has 0 aliphatic heterocycles. The van der Waals surface area contributed by atoms with Crippen molar-refractivity contribution in [2.24, 2.45) is 0 Å². The number of rotatable bonds is 5. The molecule has 0 amide bonds. The fourth-order valence-corrected chi connectivity index (χ4v) is 13.8. The van der Waals surface area contributed by atoms with Crippen molar-refractivity contribution in [3.8, 4) is 55.6 Å². The van der Waals surface area contributed by atoms with Crippen LogP contribution >= 0.6 is 0 Å². The van der Waals surface area contributed by atoms with Crippen molar-refractivity contribution in [3.05, 3.63) is 233 Å². The zero-order chi connectivity index (χ0) is 49.3. The summed E-state index contributed by atoms with van der Waals surface area (Å²) in [4.78, 5) is 2.49. The van der Waals surface area contributed by atoms with Crippen LogP contribution in [0.2, 0.25) is 0 Å². The Morgan fingerprint density at radius 2 is 0.877 bits per heavy atom. The van der Waals surface area contributed by atoms with Crippen LogP contribution in [0.4, 0.5) is 17.1 Å². The molecule has 3 aliphatic carbocycles. The molecule has 0 bridgehead atoms.